The number of hydrogen-bond acceptors (Lipinski definition) is 1. The van der Waals surface area contributed by atoms with Crippen LogP contribution in [-0.2, 0) is 0 Å². The Morgan fingerprint density at radius 3 is 2.62 bits per heavy atom. The van der Waals surface area contributed by atoms with Crippen molar-refractivity contribution in [1.82, 2.24) is 0 Å². The van der Waals surface area contributed by atoms with Crippen LogP contribution in [0.25, 0.3) is 0 Å². The SMILES string of the molecule is Fc1cccc(C(Br)c2sccc2Cl)c1F. The minimum Gasteiger partial charge on any atom is -0.204 e. The van der Waals surface area contributed by atoms with Gasteiger partial charge in [-0.15, -0.1) is 11.3 Å². The molecule has 1 heterocycles. The van der Waals surface area contributed by atoms with E-state index < -0.39 is 16.5 Å². The van der Waals surface area contributed by atoms with E-state index in [1.165, 1.54) is 23.5 Å². The molecule has 16 heavy (non-hydrogen) atoms. The van der Waals surface area contributed by atoms with Gasteiger partial charge in [0.05, 0.1) is 9.85 Å². The molecule has 0 fully saturated rings. The van der Waals surface area contributed by atoms with Crippen LogP contribution in [0.4, 0.5) is 8.78 Å². The van der Waals surface area contributed by atoms with E-state index in [0.717, 1.165) is 10.9 Å². The lowest BCUT2D eigenvalue weighted by atomic mass is 10.1. The highest BCUT2D eigenvalue weighted by Gasteiger charge is 2.20. The summed E-state index contributed by atoms with van der Waals surface area (Å²) in [5, 5.41) is 2.36. The molecule has 0 saturated carbocycles. The number of halogens is 4. The van der Waals surface area contributed by atoms with Gasteiger partial charge in [-0.05, 0) is 17.5 Å². The molecule has 0 aliphatic rings. The van der Waals surface area contributed by atoms with Crippen LogP contribution in [0.15, 0.2) is 29.6 Å². The average molecular weight is 324 g/mol. The fourth-order valence-electron chi connectivity index (χ4n) is 1.34. The number of hydrogen-bond donors (Lipinski definition) is 0. The van der Waals surface area contributed by atoms with Gasteiger partial charge in [0.2, 0.25) is 0 Å². The van der Waals surface area contributed by atoms with Crippen molar-refractivity contribution < 1.29 is 8.78 Å². The first kappa shape index (κ1) is 12.0. The minimum absolute atomic E-state index is 0.254. The van der Waals surface area contributed by atoms with E-state index in [2.05, 4.69) is 15.9 Å². The maximum absolute atomic E-state index is 13.5. The molecule has 2 rings (SSSR count). The lowest BCUT2D eigenvalue weighted by molar-refractivity contribution is 0.501. The van der Waals surface area contributed by atoms with Gasteiger partial charge in [0, 0.05) is 10.4 Å². The predicted octanol–water partition coefficient (Wildman–Crippen LogP) is 5.16. The van der Waals surface area contributed by atoms with Crippen LogP contribution in [0.2, 0.25) is 5.02 Å². The first-order chi connectivity index (χ1) is 7.61. The molecule has 0 N–H and O–H groups in total. The summed E-state index contributed by atoms with van der Waals surface area (Å²) < 4.78 is 26.6. The molecule has 0 amide bonds. The molecule has 0 aliphatic heterocycles. The van der Waals surface area contributed by atoms with E-state index in [9.17, 15) is 8.78 Å². The Morgan fingerprint density at radius 2 is 2.00 bits per heavy atom. The van der Waals surface area contributed by atoms with E-state index in [1.54, 1.807) is 6.07 Å². The average Bonchev–Trinajstić information content (AvgIpc) is 2.68. The summed E-state index contributed by atoms with van der Waals surface area (Å²) in [6.45, 7) is 0. The maximum atomic E-state index is 13.5. The highest BCUT2D eigenvalue weighted by Crippen LogP contribution is 2.39. The molecule has 0 bridgehead atoms. The van der Waals surface area contributed by atoms with E-state index in [1.807, 2.05) is 5.38 Å². The molecule has 0 radical (unpaired) electrons. The third-order valence-corrected chi connectivity index (χ3v) is 4.81. The predicted molar refractivity (Wildman–Crippen MR) is 66.5 cm³/mol. The Balaban J connectivity index is 2.46. The Bertz CT molecular complexity index is 512. The number of alkyl halides is 1. The third-order valence-electron chi connectivity index (χ3n) is 2.13. The topological polar surface area (TPSA) is 0 Å². The zero-order valence-electron chi connectivity index (χ0n) is 7.88. The Labute approximate surface area is 109 Å². The molecule has 1 unspecified atom stereocenters. The van der Waals surface area contributed by atoms with Gasteiger partial charge in [0.1, 0.15) is 0 Å². The lowest BCUT2D eigenvalue weighted by Crippen LogP contribution is -1.97. The van der Waals surface area contributed by atoms with Crippen molar-refractivity contribution >= 4 is 38.9 Å². The van der Waals surface area contributed by atoms with Gasteiger partial charge >= 0.3 is 0 Å². The van der Waals surface area contributed by atoms with Crippen LogP contribution in [-0.4, -0.2) is 0 Å². The Morgan fingerprint density at radius 1 is 1.25 bits per heavy atom. The van der Waals surface area contributed by atoms with E-state index in [-0.39, 0.29) is 5.56 Å². The third kappa shape index (κ3) is 2.14. The van der Waals surface area contributed by atoms with Crippen molar-refractivity contribution in [2.75, 3.05) is 0 Å². The van der Waals surface area contributed by atoms with E-state index >= 15 is 0 Å². The molecule has 0 spiro atoms. The second-order valence-electron chi connectivity index (χ2n) is 3.14. The van der Waals surface area contributed by atoms with Crippen LogP contribution in [0, 0.1) is 11.6 Å². The second kappa shape index (κ2) is 4.82. The van der Waals surface area contributed by atoms with Gasteiger partial charge in [-0.1, -0.05) is 39.7 Å². The molecule has 1 aromatic carbocycles. The molecular weight excluding hydrogens is 318 g/mol. The largest absolute Gasteiger partial charge is 0.204 e. The van der Waals surface area contributed by atoms with Gasteiger partial charge in [0.25, 0.3) is 0 Å². The number of thiophene rings is 1. The smallest absolute Gasteiger partial charge is 0.163 e. The van der Waals surface area contributed by atoms with Crippen LogP contribution in [0.3, 0.4) is 0 Å². The molecule has 0 saturated heterocycles. The Hall–Kier alpha value is -0.450. The monoisotopic (exact) mass is 322 g/mol. The summed E-state index contributed by atoms with van der Waals surface area (Å²) in [5.74, 6) is -1.69. The van der Waals surface area contributed by atoms with Crippen LogP contribution < -0.4 is 0 Å². The van der Waals surface area contributed by atoms with Crippen molar-refractivity contribution in [3.8, 4) is 0 Å². The Kier molecular flexibility index (Phi) is 3.62. The molecule has 84 valence electrons. The van der Waals surface area contributed by atoms with E-state index in [4.69, 9.17) is 11.6 Å². The summed E-state index contributed by atoms with van der Waals surface area (Å²) in [5.41, 5.74) is 0.254. The van der Waals surface area contributed by atoms with Gasteiger partial charge in [-0.2, -0.15) is 0 Å². The van der Waals surface area contributed by atoms with Gasteiger partial charge < -0.3 is 0 Å². The molecular formula is C11H6BrClF2S. The van der Waals surface area contributed by atoms with Crippen molar-refractivity contribution in [2.45, 2.75) is 4.83 Å². The summed E-state index contributed by atoms with van der Waals surface area (Å²) in [6, 6.07) is 5.83. The van der Waals surface area contributed by atoms with Crippen molar-refractivity contribution in [3.05, 3.63) is 56.7 Å². The molecule has 2 aromatic rings. The summed E-state index contributed by atoms with van der Waals surface area (Å²) in [4.78, 5) is 0.349. The molecule has 1 atom stereocenters. The second-order valence-corrected chi connectivity index (χ2v) is 5.41. The highest BCUT2D eigenvalue weighted by atomic mass is 79.9. The van der Waals surface area contributed by atoms with Crippen molar-refractivity contribution in [1.29, 1.82) is 0 Å². The van der Waals surface area contributed by atoms with Crippen molar-refractivity contribution in [2.24, 2.45) is 0 Å². The molecule has 0 aliphatic carbocycles. The normalized spacial score (nSPS) is 12.8. The fraction of sp³-hybridized carbons (Fsp3) is 0.0909. The summed E-state index contributed by atoms with van der Waals surface area (Å²) >= 11 is 10.7. The minimum atomic E-state index is -0.852. The standard InChI is InChI=1S/C11H6BrClF2S/c12-9(11-7(13)4-5-16-11)6-2-1-3-8(14)10(6)15/h1-5,9H. The fourth-order valence-corrected chi connectivity index (χ4v) is 3.56. The molecule has 5 heteroatoms. The number of benzene rings is 1. The van der Waals surface area contributed by atoms with Gasteiger partial charge in [-0.25, -0.2) is 8.78 Å². The lowest BCUT2D eigenvalue weighted by Gasteiger charge is -2.10. The van der Waals surface area contributed by atoms with Crippen LogP contribution in [0.5, 0.6) is 0 Å². The first-order valence-electron chi connectivity index (χ1n) is 4.42. The zero-order chi connectivity index (χ0) is 11.7. The number of rotatable bonds is 2. The van der Waals surface area contributed by atoms with Crippen LogP contribution >= 0.6 is 38.9 Å². The summed E-state index contributed by atoms with van der Waals surface area (Å²) in [6.07, 6.45) is 0. The van der Waals surface area contributed by atoms with Crippen molar-refractivity contribution in [3.63, 3.8) is 0 Å². The van der Waals surface area contributed by atoms with Gasteiger partial charge in [-0.3, -0.25) is 0 Å². The van der Waals surface area contributed by atoms with Gasteiger partial charge in [0.15, 0.2) is 11.6 Å². The van der Waals surface area contributed by atoms with Crippen LogP contribution in [0.1, 0.15) is 15.3 Å². The molecule has 1 aromatic heterocycles. The quantitative estimate of drug-likeness (QED) is 0.669. The maximum Gasteiger partial charge on any atom is 0.163 e. The molecule has 0 nitrogen and oxygen atoms in total. The zero-order valence-corrected chi connectivity index (χ0v) is 11.0. The highest BCUT2D eigenvalue weighted by molar-refractivity contribution is 9.09. The van der Waals surface area contributed by atoms with E-state index in [0.29, 0.717) is 5.02 Å². The first-order valence-corrected chi connectivity index (χ1v) is 6.59. The summed E-state index contributed by atoms with van der Waals surface area (Å²) in [7, 11) is 0.